The number of nitrogens with zero attached hydrogens (tertiary/aromatic N) is 6. The van der Waals surface area contributed by atoms with Gasteiger partial charge < -0.3 is 16.0 Å². The quantitative estimate of drug-likeness (QED) is 0.697. The van der Waals surface area contributed by atoms with Crippen LogP contribution in [0.2, 0.25) is 0 Å². The van der Waals surface area contributed by atoms with Crippen LogP contribution in [0.1, 0.15) is 41.7 Å². The summed E-state index contributed by atoms with van der Waals surface area (Å²) in [6, 6.07) is 10.3. The number of anilines is 2. The number of carbonyl (C=O) groups is 1. The first-order valence-corrected chi connectivity index (χ1v) is 9.69. The standard InChI is InChI=1S/C20H20N8O/c21-10-12-3-6-18(26-25-12)28-14-4-5-15(28)9-13(8-14)24-19-16(20(22)29)11-23-27-7-1-2-17(19)27/h1-3,6-7,11,13-15,24H,4-5,8-9H2,(H2,22,29). The van der Waals surface area contributed by atoms with Gasteiger partial charge >= 0.3 is 0 Å². The number of hydrogen-bond acceptors (Lipinski definition) is 7. The maximum Gasteiger partial charge on any atom is 0.252 e. The lowest BCUT2D eigenvalue weighted by molar-refractivity contribution is 0.100. The van der Waals surface area contributed by atoms with Gasteiger partial charge in [-0.2, -0.15) is 10.4 Å². The summed E-state index contributed by atoms with van der Waals surface area (Å²) >= 11 is 0. The molecule has 9 heteroatoms. The first-order chi connectivity index (χ1) is 14.1. The van der Waals surface area contributed by atoms with Crippen molar-refractivity contribution in [2.24, 2.45) is 5.73 Å². The van der Waals surface area contributed by atoms with Crippen molar-refractivity contribution in [1.82, 2.24) is 19.8 Å². The molecule has 5 heterocycles. The SMILES string of the molecule is N#Cc1ccc(N2C3CCC2CC(Nc2c(C(N)=O)cnn4cccc24)C3)nn1. The maximum absolute atomic E-state index is 11.9. The minimum absolute atomic E-state index is 0.217. The zero-order chi connectivity index (χ0) is 20.0. The van der Waals surface area contributed by atoms with Crippen LogP contribution in [-0.4, -0.2) is 43.8 Å². The minimum Gasteiger partial charge on any atom is -0.380 e. The van der Waals surface area contributed by atoms with Crippen molar-refractivity contribution >= 4 is 22.9 Å². The van der Waals surface area contributed by atoms with Gasteiger partial charge in [-0.1, -0.05) is 0 Å². The van der Waals surface area contributed by atoms with Crippen LogP contribution in [0.3, 0.4) is 0 Å². The van der Waals surface area contributed by atoms with Crippen LogP contribution in [0, 0.1) is 11.3 Å². The number of nitrogens with one attached hydrogen (secondary N) is 1. The molecule has 2 fully saturated rings. The molecule has 3 N–H and O–H groups in total. The van der Waals surface area contributed by atoms with E-state index in [1.165, 1.54) is 6.20 Å². The molecule has 0 radical (unpaired) electrons. The molecule has 0 saturated carbocycles. The Morgan fingerprint density at radius 2 is 2.00 bits per heavy atom. The molecule has 5 rings (SSSR count). The zero-order valence-corrected chi connectivity index (χ0v) is 15.7. The number of piperidine rings is 1. The molecule has 3 aromatic heterocycles. The molecule has 0 aliphatic carbocycles. The van der Waals surface area contributed by atoms with Crippen molar-refractivity contribution in [3.05, 3.63) is 47.9 Å². The third kappa shape index (κ3) is 2.93. The average Bonchev–Trinajstić information content (AvgIpc) is 3.31. The van der Waals surface area contributed by atoms with Crippen LogP contribution < -0.4 is 16.0 Å². The molecule has 2 saturated heterocycles. The molecule has 29 heavy (non-hydrogen) atoms. The molecule has 2 bridgehead atoms. The molecule has 3 aromatic rings. The van der Waals surface area contributed by atoms with Crippen molar-refractivity contribution in [1.29, 1.82) is 5.26 Å². The second-order valence-electron chi connectivity index (χ2n) is 7.63. The fraction of sp³-hybridized carbons (Fsp3) is 0.350. The lowest BCUT2D eigenvalue weighted by Gasteiger charge is -2.40. The van der Waals surface area contributed by atoms with Crippen molar-refractivity contribution < 1.29 is 4.79 Å². The van der Waals surface area contributed by atoms with E-state index in [0.717, 1.165) is 42.7 Å². The Morgan fingerprint density at radius 1 is 1.21 bits per heavy atom. The first-order valence-electron chi connectivity index (χ1n) is 9.69. The Morgan fingerprint density at radius 3 is 2.66 bits per heavy atom. The van der Waals surface area contributed by atoms with Gasteiger partial charge in [0.25, 0.3) is 5.91 Å². The van der Waals surface area contributed by atoms with E-state index < -0.39 is 5.91 Å². The van der Waals surface area contributed by atoms with Gasteiger partial charge in [0.2, 0.25) is 0 Å². The normalized spacial score (nSPS) is 23.1. The molecule has 2 aliphatic rings. The lowest BCUT2D eigenvalue weighted by atomic mass is 9.96. The summed E-state index contributed by atoms with van der Waals surface area (Å²) in [5, 5.41) is 25.0. The van der Waals surface area contributed by atoms with E-state index in [9.17, 15) is 4.79 Å². The molecule has 2 unspecified atom stereocenters. The monoisotopic (exact) mass is 388 g/mol. The summed E-state index contributed by atoms with van der Waals surface area (Å²) in [7, 11) is 0. The highest BCUT2D eigenvalue weighted by molar-refractivity contribution is 6.01. The van der Waals surface area contributed by atoms with E-state index in [4.69, 9.17) is 11.0 Å². The fourth-order valence-electron chi connectivity index (χ4n) is 4.73. The van der Waals surface area contributed by atoms with E-state index >= 15 is 0 Å². The van der Waals surface area contributed by atoms with Gasteiger partial charge in [-0.05, 0) is 49.9 Å². The molecular formula is C20H20N8O. The second-order valence-corrected chi connectivity index (χ2v) is 7.63. The number of primary amides is 1. The Balaban J connectivity index is 1.40. The summed E-state index contributed by atoms with van der Waals surface area (Å²) < 4.78 is 1.74. The Labute approximate surface area is 167 Å². The van der Waals surface area contributed by atoms with Gasteiger partial charge in [-0.3, -0.25) is 4.79 Å². The number of nitrogens with two attached hydrogens (primary N) is 1. The first kappa shape index (κ1) is 17.4. The number of aromatic nitrogens is 4. The molecule has 146 valence electrons. The smallest absolute Gasteiger partial charge is 0.252 e. The second kappa shape index (κ2) is 6.74. The van der Waals surface area contributed by atoms with Crippen LogP contribution >= 0.6 is 0 Å². The maximum atomic E-state index is 11.9. The topological polar surface area (TPSA) is 125 Å². The molecule has 2 atom stereocenters. The van der Waals surface area contributed by atoms with Gasteiger partial charge in [-0.25, -0.2) is 4.52 Å². The predicted octanol–water partition coefficient (Wildman–Crippen LogP) is 1.71. The third-order valence-corrected chi connectivity index (χ3v) is 5.94. The number of hydrogen-bond donors (Lipinski definition) is 2. The molecule has 1 amide bonds. The zero-order valence-electron chi connectivity index (χ0n) is 15.7. The summed E-state index contributed by atoms with van der Waals surface area (Å²) in [5.41, 5.74) is 7.91. The van der Waals surface area contributed by atoms with E-state index in [-0.39, 0.29) is 6.04 Å². The Bertz CT molecular complexity index is 1100. The average molecular weight is 388 g/mol. The molecule has 2 aliphatic heterocycles. The summed E-state index contributed by atoms with van der Waals surface area (Å²) in [6.07, 6.45) is 7.39. The number of fused-ring (bicyclic) bond motifs is 3. The molecular weight excluding hydrogens is 368 g/mol. The van der Waals surface area contributed by atoms with Crippen LogP contribution in [0.5, 0.6) is 0 Å². The molecule has 0 spiro atoms. The highest BCUT2D eigenvalue weighted by Gasteiger charge is 2.41. The summed E-state index contributed by atoms with van der Waals surface area (Å²) in [4.78, 5) is 14.3. The van der Waals surface area contributed by atoms with Crippen LogP contribution in [0.25, 0.3) is 5.52 Å². The highest BCUT2D eigenvalue weighted by atomic mass is 16.1. The lowest BCUT2D eigenvalue weighted by Crippen LogP contribution is -2.47. The van der Waals surface area contributed by atoms with Crippen LogP contribution in [0.4, 0.5) is 11.5 Å². The van der Waals surface area contributed by atoms with Crippen molar-refractivity contribution in [3.8, 4) is 6.07 Å². The van der Waals surface area contributed by atoms with Gasteiger partial charge in [0.1, 0.15) is 6.07 Å². The third-order valence-electron chi connectivity index (χ3n) is 5.94. The predicted molar refractivity (Wildman–Crippen MR) is 106 cm³/mol. The van der Waals surface area contributed by atoms with Gasteiger partial charge in [0.05, 0.1) is 23.0 Å². The van der Waals surface area contributed by atoms with E-state index in [2.05, 4.69) is 25.5 Å². The number of carbonyl (C=O) groups excluding carboxylic acids is 1. The number of nitriles is 1. The highest BCUT2D eigenvalue weighted by Crippen LogP contribution is 2.39. The summed E-state index contributed by atoms with van der Waals surface area (Å²) in [6.45, 7) is 0. The van der Waals surface area contributed by atoms with Crippen LogP contribution in [-0.2, 0) is 0 Å². The number of rotatable bonds is 4. The minimum atomic E-state index is -0.489. The van der Waals surface area contributed by atoms with Gasteiger partial charge in [0, 0.05) is 24.3 Å². The Kier molecular flexibility index (Phi) is 4.05. The van der Waals surface area contributed by atoms with E-state index in [1.807, 2.05) is 30.5 Å². The molecule has 9 nitrogen and oxygen atoms in total. The van der Waals surface area contributed by atoms with Crippen LogP contribution in [0.15, 0.2) is 36.7 Å². The van der Waals surface area contributed by atoms with Gasteiger partial charge in [0.15, 0.2) is 11.5 Å². The summed E-state index contributed by atoms with van der Waals surface area (Å²) in [5.74, 6) is 0.336. The van der Waals surface area contributed by atoms with E-state index in [1.54, 1.807) is 10.6 Å². The van der Waals surface area contributed by atoms with Crippen molar-refractivity contribution in [2.75, 3.05) is 10.2 Å². The number of amides is 1. The van der Waals surface area contributed by atoms with E-state index in [0.29, 0.717) is 23.3 Å². The molecule has 0 aromatic carbocycles. The Hall–Kier alpha value is -3.67. The van der Waals surface area contributed by atoms with Crippen molar-refractivity contribution in [2.45, 2.75) is 43.8 Å². The van der Waals surface area contributed by atoms with Crippen molar-refractivity contribution in [3.63, 3.8) is 0 Å². The fourth-order valence-corrected chi connectivity index (χ4v) is 4.73. The van der Waals surface area contributed by atoms with Gasteiger partial charge in [-0.15, -0.1) is 10.2 Å². The largest absolute Gasteiger partial charge is 0.380 e.